The monoisotopic (exact) mass is 1780 g/mol. The molecule has 0 bridgehead atoms. The van der Waals surface area contributed by atoms with E-state index in [2.05, 4.69) is 420 Å². The Kier molecular flexibility index (Phi) is 16.2. The molecule has 0 N–H and O–H groups in total. The lowest BCUT2D eigenvalue weighted by atomic mass is 9.99. The van der Waals surface area contributed by atoms with Gasteiger partial charge in [0.15, 0.2) is 34.9 Å². The van der Waals surface area contributed by atoms with Crippen LogP contribution in [0.25, 0.3) is 303 Å². The lowest BCUT2D eigenvalue weighted by Gasteiger charge is -2.12. The highest BCUT2D eigenvalue weighted by Gasteiger charge is 2.27. The van der Waals surface area contributed by atoms with Gasteiger partial charge in [-0.25, -0.2) is 15.0 Å². The molecule has 9 aromatic heterocycles. The Morgan fingerprint density at radius 1 is 0.174 bits per heavy atom. The van der Waals surface area contributed by atoms with Crippen LogP contribution in [0.3, 0.4) is 0 Å². The maximum atomic E-state index is 7.01. The normalized spacial score (nSPS) is 12.2. The Morgan fingerprint density at radius 3 is 0.957 bits per heavy atom. The van der Waals surface area contributed by atoms with Crippen molar-refractivity contribution in [3.63, 3.8) is 0 Å². The molecule has 0 spiro atoms. The van der Waals surface area contributed by atoms with Gasteiger partial charge in [0.25, 0.3) is 0 Å². The fourth-order valence-corrected chi connectivity index (χ4v) is 22.8. The van der Waals surface area contributed by atoms with E-state index in [1.807, 2.05) is 6.07 Å². The van der Waals surface area contributed by atoms with Crippen molar-refractivity contribution in [3.8, 4) is 108 Å². The zero-order chi connectivity index (χ0) is 90.1. The molecule has 30 rings (SSSR count). The van der Waals surface area contributed by atoms with Crippen molar-refractivity contribution in [2.24, 2.45) is 0 Å². The molecule has 30 aromatic rings. The van der Waals surface area contributed by atoms with E-state index in [1.165, 1.54) is 42.4 Å². The molecule has 0 saturated heterocycles. The Bertz CT molecular complexity index is 10600. The first-order valence-corrected chi connectivity index (χ1v) is 47.1. The molecule has 138 heavy (non-hydrogen) atoms. The summed E-state index contributed by atoms with van der Waals surface area (Å²) in [4.78, 5) is 48.7. The maximum absolute atomic E-state index is 7.01. The molecular weight excluding hydrogens is 1710 g/mol. The smallest absolute Gasteiger partial charge is 0.238 e. The van der Waals surface area contributed by atoms with Gasteiger partial charge in [-0.1, -0.05) is 297 Å². The van der Waals surface area contributed by atoms with Crippen molar-refractivity contribution >= 4 is 205 Å². The minimum absolute atomic E-state index is 0.502. The fraction of sp³-hybridized carbons (Fsp3) is 0. The van der Waals surface area contributed by atoms with Gasteiger partial charge in [-0.2, -0.15) is 29.9 Å². The van der Waals surface area contributed by atoms with E-state index in [9.17, 15) is 0 Å². The molecule has 0 radical (unpaired) electrons. The molecule has 0 aliphatic heterocycles. The number of nitrogens with zero attached hydrogens (tertiary/aromatic N) is 12. The molecule has 638 valence electrons. The van der Waals surface area contributed by atoms with Crippen LogP contribution in [0.15, 0.2) is 421 Å². The Labute approximate surface area is 788 Å². The quantitative estimate of drug-likeness (QED) is 0.121. The predicted molar refractivity (Wildman–Crippen MR) is 566 cm³/mol. The van der Waals surface area contributed by atoms with Crippen LogP contribution in [-0.2, 0) is 0 Å². The van der Waals surface area contributed by atoms with E-state index in [-0.39, 0.29) is 0 Å². The summed E-state index contributed by atoms with van der Waals surface area (Å²) in [5, 5.41) is 26.7. The zero-order valence-electron chi connectivity index (χ0n) is 73.4. The first-order valence-electron chi connectivity index (χ1n) is 46.2. The third kappa shape index (κ3) is 11.8. The first-order chi connectivity index (χ1) is 68.3. The summed E-state index contributed by atoms with van der Waals surface area (Å²) in [6.45, 7) is 0. The lowest BCUT2D eigenvalue weighted by molar-refractivity contribution is 0.668. The van der Waals surface area contributed by atoms with E-state index < -0.39 is 0 Å². The van der Waals surface area contributed by atoms with Crippen LogP contribution >= 0.6 is 11.3 Å². The molecule has 15 heteroatoms. The summed E-state index contributed by atoms with van der Waals surface area (Å²) in [6, 6.07) is 146. The van der Waals surface area contributed by atoms with Gasteiger partial charge in [0, 0.05) is 113 Å². The van der Waals surface area contributed by atoms with Gasteiger partial charge in [0.1, 0.15) is 22.3 Å². The molecule has 0 aliphatic carbocycles. The van der Waals surface area contributed by atoms with E-state index in [1.54, 1.807) is 11.3 Å². The van der Waals surface area contributed by atoms with Gasteiger partial charge >= 0.3 is 0 Å². The molecule has 21 aromatic carbocycles. The summed E-state index contributed by atoms with van der Waals surface area (Å²) in [5.41, 5.74) is 18.2. The van der Waals surface area contributed by atoms with Crippen LogP contribution in [0.1, 0.15) is 0 Å². The lowest BCUT2D eigenvalue weighted by Crippen LogP contribution is -2.06. The number of para-hydroxylation sites is 4. The summed E-state index contributed by atoms with van der Waals surface area (Å²) in [5.74, 6) is 4.92. The number of aromatic nitrogens is 12. The van der Waals surface area contributed by atoms with Crippen molar-refractivity contribution < 1.29 is 8.83 Å². The highest BCUT2D eigenvalue weighted by atomic mass is 32.1. The summed E-state index contributed by atoms with van der Waals surface area (Å²) in [6.07, 6.45) is 0. The van der Waals surface area contributed by atoms with Crippen LogP contribution in [0, 0.1) is 0 Å². The van der Waals surface area contributed by atoms with E-state index in [0.717, 1.165) is 202 Å². The molecule has 0 aliphatic rings. The second-order valence-corrected chi connectivity index (χ2v) is 37.0. The predicted octanol–water partition coefficient (Wildman–Crippen LogP) is 32.0. The van der Waals surface area contributed by atoms with Crippen molar-refractivity contribution in [2.75, 3.05) is 0 Å². The molecule has 0 fully saturated rings. The second-order valence-electron chi connectivity index (χ2n) is 35.9. The van der Waals surface area contributed by atoms with Crippen molar-refractivity contribution in [2.45, 2.75) is 0 Å². The summed E-state index contributed by atoms with van der Waals surface area (Å²) in [7, 11) is 0. The molecule has 0 amide bonds. The molecule has 0 saturated carbocycles. The minimum atomic E-state index is 0.502. The van der Waals surface area contributed by atoms with Crippen molar-refractivity contribution in [3.05, 3.63) is 413 Å². The van der Waals surface area contributed by atoms with Crippen LogP contribution in [-0.4, -0.2) is 58.6 Å². The number of fused-ring (bicyclic) bond motifs is 27. The maximum Gasteiger partial charge on any atom is 0.238 e. The molecule has 14 nitrogen and oxygen atoms in total. The van der Waals surface area contributed by atoms with Gasteiger partial charge in [-0.3, -0.25) is 13.7 Å². The van der Waals surface area contributed by atoms with E-state index in [0.29, 0.717) is 58.4 Å². The van der Waals surface area contributed by atoms with Crippen molar-refractivity contribution in [1.29, 1.82) is 0 Å². The van der Waals surface area contributed by atoms with Gasteiger partial charge in [0.05, 0.1) is 33.1 Å². The summed E-state index contributed by atoms with van der Waals surface area (Å²) >= 11 is 1.78. The number of benzene rings is 21. The number of hydrogen-bond donors (Lipinski definition) is 0. The third-order valence-corrected chi connectivity index (χ3v) is 29.2. The molecular formula is C123H68N12O2S. The Hall–Kier alpha value is -18.6. The van der Waals surface area contributed by atoms with Crippen molar-refractivity contribution in [1.82, 2.24) is 58.6 Å². The van der Waals surface area contributed by atoms with E-state index >= 15 is 0 Å². The Morgan fingerprint density at radius 2 is 0.486 bits per heavy atom. The SMILES string of the molecule is c1ccc2cc(-c3nc(-c4ccc5c(c4)oc4cc(-c6cccc7c6oc6ccc(-c8nc(-c9ccc%10cc(-c%11ccc%12c(c%11)sc%11cc(-c%13nc(-c%14ccc%15ccccc%15c%14)nc(-n%14c%15ccccc%15c%15c%16ccccc%16ccc%15%14)n%13)ccc%11%12)ccc%10c9)nc(-n9c%10ccccc%10c%10c%11ccccc%11ccc%109)n8)cc67)ccc45)nc(-n4c5ccccc5c5c6ccccc6ccc54)n3)ccc2c1. The highest BCUT2D eigenvalue weighted by molar-refractivity contribution is 7.25. The number of furan rings is 2. The van der Waals surface area contributed by atoms with Gasteiger partial charge in [-0.05, 0) is 197 Å². The van der Waals surface area contributed by atoms with Crippen LogP contribution < -0.4 is 0 Å². The minimum Gasteiger partial charge on any atom is -0.456 e. The Balaban J connectivity index is 0.499. The zero-order valence-corrected chi connectivity index (χ0v) is 74.2. The van der Waals surface area contributed by atoms with Crippen LogP contribution in [0.2, 0.25) is 0 Å². The average Bonchev–Trinajstić information content (AvgIpc) is 1.58. The standard InChI is InChI=1S/C123H68N12O2S/c1-3-23-74-61-81(41-36-69(74)18-1)115-125-119(131-122(127-115)134-101-34-15-12-29-97(101)112-88-26-9-6-21-72(88)49-57-104(112)134)85-46-53-92-91-52-45-80(65-107(91)136-108(92)66-85)90-31-17-32-95-99-64-84(51-59-106(99)137-114(90)95)118-124-117(129-121(130-118)133-100-33-14-11-28-96(100)111-87-25-8-5-20-71(87)48-56-103(111)133)83-43-40-76-60-77(38-39-78(76)63-83)79-44-54-93-94-55-47-86(68-110(94)138-109(93)67-79)120-126-116(82-42-37-70-19-2-4-24-75(70)62-82)128-123(132-120)135-102-35-16-13-30-98(102)113-89-27-10-7-22-73(89)50-58-105(113)135/h1-68H. The number of rotatable bonds is 11. The highest BCUT2D eigenvalue weighted by Crippen LogP contribution is 2.47. The number of hydrogen-bond acceptors (Lipinski definition) is 12. The third-order valence-electron chi connectivity index (χ3n) is 28.1. The van der Waals surface area contributed by atoms with Gasteiger partial charge < -0.3 is 8.83 Å². The largest absolute Gasteiger partial charge is 0.456 e. The second kappa shape index (κ2) is 29.5. The van der Waals surface area contributed by atoms with Crippen LogP contribution in [0.4, 0.5) is 0 Å². The molecule has 0 unspecified atom stereocenters. The van der Waals surface area contributed by atoms with E-state index in [4.69, 9.17) is 53.7 Å². The average molecular weight is 1780 g/mol. The number of thiophene rings is 1. The fourth-order valence-electron chi connectivity index (χ4n) is 21.6. The molecule has 0 atom stereocenters. The van der Waals surface area contributed by atoms with Crippen LogP contribution in [0.5, 0.6) is 0 Å². The topological polar surface area (TPSA) is 157 Å². The van der Waals surface area contributed by atoms with Gasteiger partial charge in [-0.15, -0.1) is 11.3 Å². The summed E-state index contributed by atoms with van der Waals surface area (Å²) < 4.78 is 22.9. The van der Waals surface area contributed by atoms with Gasteiger partial charge in [0.2, 0.25) is 17.8 Å². The molecule has 9 heterocycles. The first kappa shape index (κ1) is 76.0.